The summed E-state index contributed by atoms with van der Waals surface area (Å²) in [5.74, 6) is -0.857. The van der Waals surface area contributed by atoms with E-state index in [1.54, 1.807) is 30.3 Å². The lowest BCUT2D eigenvalue weighted by molar-refractivity contribution is 0.103. The van der Waals surface area contributed by atoms with Gasteiger partial charge < -0.3 is 11.1 Å². The predicted molar refractivity (Wildman–Crippen MR) is 99.4 cm³/mol. The van der Waals surface area contributed by atoms with Crippen molar-refractivity contribution in [3.05, 3.63) is 59.4 Å². The number of nitrogens with zero attached hydrogens (tertiary/aromatic N) is 1. The Morgan fingerprint density at radius 3 is 2.42 bits per heavy atom. The molecule has 0 atom stereocenters. The highest BCUT2D eigenvalue weighted by Crippen LogP contribution is 2.28. The Hall–Kier alpha value is -2.78. The van der Waals surface area contributed by atoms with E-state index in [0.29, 0.717) is 11.4 Å². The lowest BCUT2D eigenvalue weighted by Crippen LogP contribution is -2.11. The summed E-state index contributed by atoms with van der Waals surface area (Å²) in [6, 6.07) is 11.0. The minimum absolute atomic E-state index is 0.129. The molecule has 3 aromatic rings. The number of sulfone groups is 1. The van der Waals surface area contributed by atoms with Crippen LogP contribution in [0.3, 0.4) is 0 Å². The number of hydrogen-bond donors (Lipinski definition) is 2. The van der Waals surface area contributed by atoms with Gasteiger partial charge in [-0.05, 0) is 35.4 Å². The van der Waals surface area contributed by atoms with Crippen LogP contribution in [0.5, 0.6) is 0 Å². The fraction of sp³-hybridized carbons (Fsp3) is 0.0588. The van der Waals surface area contributed by atoms with Crippen LogP contribution in [0.15, 0.2) is 53.0 Å². The van der Waals surface area contributed by atoms with Gasteiger partial charge in [0.05, 0.1) is 17.6 Å². The first-order chi connectivity index (χ1) is 12.2. The second kappa shape index (κ2) is 6.85. The van der Waals surface area contributed by atoms with Crippen LogP contribution in [0.1, 0.15) is 9.67 Å². The molecular weight excluding hydrogens is 377 g/mol. The molecule has 0 saturated carbocycles. The number of halogens is 1. The normalized spacial score (nSPS) is 11.3. The summed E-state index contributed by atoms with van der Waals surface area (Å²) in [7, 11) is -3.47. The van der Waals surface area contributed by atoms with E-state index in [1.807, 2.05) is 0 Å². The van der Waals surface area contributed by atoms with Crippen LogP contribution in [-0.4, -0.2) is 25.6 Å². The highest BCUT2D eigenvalue weighted by molar-refractivity contribution is 7.92. The first-order valence-electron chi connectivity index (χ1n) is 7.37. The van der Waals surface area contributed by atoms with E-state index >= 15 is 0 Å². The van der Waals surface area contributed by atoms with E-state index in [9.17, 15) is 17.6 Å². The molecule has 134 valence electrons. The highest BCUT2D eigenvalue weighted by atomic mass is 32.2. The molecule has 0 saturated heterocycles. The van der Waals surface area contributed by atoms with Crippen LogP contribution in [0, 0.1) is 5.82 Å². The average Bonchev–Trinajstić information content (AvgIpc) is 3.08. The Bertz CT molecular complexity index is 1080. The van der Waals surface area contributed by atoms with Crippen molar-refractivity contribution in [1.82, 2.24) is 4.98 Å². The third-order valence-corrected chi connectivity index (χ3v) is 6.19. The van der Waals surface area contributed by atoms with Crippen LogP contribution >= 0.6 is 11.3 Å². The van der Waals surface area contributed by atoms with Gasteiger partial charge in [-0.25, -0.2) is 17.8 Å². The lowest BCUT2D eigenvalue weighted by atomic mass is 10.0. The molecule has 3 N–H and O–H groups in total. The number of carbonyl (C=O) groups is 1. The highest BCUT2D eigenvalue weighted by Gasteiger charge is 2.17. The van der Waals surface area contributed by atoms with Gasteiger partial charge in [0.1, 0.15) is 10.7 Å². The average molecular weight is 391 g/mol. The number of aromatic nitrogens is 1. The van der Waals surface area contributed by atoms with Crippen molar-refractivity contribution >= 4 is 38.5 Å². The number of nitrogens with two attached hydrogens (primary N) is 1. The summed E-state index contributed by atoms with van der Waals surface area (Å²) in [6.07, 6.45) is 2.23. The van der Waals surface area contributed by atoms with Crippen molar-refractivity contribution in [2.45, 2.75) is 4.34 Å². The molecule has 0 fully saturated rings. The number of hydrogen-bond acceptors (Lipinski definition) is 6. The maximum atomic E-state index is 13.1. The maximum absolute atomic E-state index is 13.1. The Balaban J connectivity index is 1.87. The summed E-state index contributed by atoms with van der Waals surface area (Å²) in [5, 5.41) is 2.65. The molecule has 26 heavy (non-hydrogen) atoms. The lowest BCUT2D eigenvalue weighted by Gasteiger charge is -2.10. The standard InChI is InChI=1S/C17H14FN3O3S2/c1-26(23,24)17-20-9-15(25-17)16(22)21-14-8-11(4-7-13(14)19)10-2-5-12(18)6-3-10/h2-9H,19H2,1H3,(H,21,22). The quantitative estimate of drug-likeness (QED) is 0.665. The second-order valence-electron chi connectivity index (χ2n) is 5.53. The summed E-state index contributed by atoms with van der Waals surface area (Å²) in [4.78, 5) is 16.3. The van der Waals surface area contributed by atoms with Gasteiger partial charge in [0.2, 0.25) is 14.2 Å². The van der Waals surface area contributed by atoms with Crippen LogP contribution in [0.4, 0.5) is 15.8 Å². The molecule has 1 aromatic heterocycles. The largest absolute Gasteiger partial charge is 0.397 e. The number of thiazole rings is 1. The number of carbonyl (C=O) groups excluding carboxylic acids is 1. The Labute approximate surface area is 153 Å². The Morgan fingerprint density at radius 2 is 1.81 bits per heavy atom. The second-order valence-corrected chi connectivity index (χ2v) is 8.75. The Morgan fingerprint density at radius 1 is 1.15 bits per heavy atom. The van der Waals surface area contributed by atoms with Gasteiger partial charge in [0.15, 0.2) is 0 Å². The van der Waals surface area contributed by atoms with Gasteiger partial charge in [-0.15, -0.1) is 0 Å². The molecule has 0 aliphatic heterocycles. The molecule has 0 aliphatic carbocycles. The van der Waals surface area contributed by atoms with E-state index in [-0.39, 0.29) is 15.0 Å². The van der Waals surface area contributed by atoms with Crippen LogP contribution in [0.25, 0.3) is 11.1 Å². The van der Waals surface area contributed by atoms with Crippen LogP contribution in [-0.2, 0) is 9.84 Å². The van der Waals surface area contributed by atoms with E-state index in [0.717, 1.165) is 28.7 Å². The van der Waals surface area contributed by atoms with Crippen molar-refractivity contribution in [3.8, 4) is 11.1 Å². The molecule has 0 spiro atoms. The van der Waals surface area contributed by atoms with Gasteiger partial charge in [0.25, 0.3) is 5.91 Å². The maximum Gasteiger partial charge on any atom is 0.267 e. The molecule has 0 radical (unpaired) electrons. The summed E-state index contributed by atoms with van der Waals surface area (Å²) < 4.78 is 35.9. The van der Waals surface area contributed by atoms with E-state index in [1.165, 1.54) is 18.3 Å². The van der Waals surface area contributed by atoms with Gasteiger partial charge in [-0.2, -0.15) is 0 Å². The van der Waals surface area contributed by atoms with Gasteiger partial charge in [-0.1, -0.05) is 29.5 Å². The first-order valence-corrected chi connectivity index (χ1v) is 10.1. The zero-order chi connectivity index (χ0) is 18.9. The van der Waals surface area contributed by atoms with Crippen molar-refractivity contribution < 1.29 is 17.6 Å². The van der Waals surface area contributed by atoms with E-state index < -0.39 is 15.7 Å². The first kappa shape index (κ1) is 18.0. The molecule has 3 rings (SSSR count). The van der Waals surface area contributed by atoms with Crippen LogP contribution in [0.2, 0.25) is 0 Å². The molecule has 9 heteroatoms. The molecule has 0 aliphatic rings. The van der Waals surface area contributed by atoms with Gasteiger partial charge in [0, 0.05) is 6.26 Å². The molecule has 1 amide bonds. The van der Waals surface area contributed by atoms with Crippen molar-refractivity contribution in [2.75, 3.05) is 17.3 Å². The number of nitrogen functional groups attached to an aromatic ring is 1. The molecule has 2 aromatic carbocycles. The third kappa shape index (κ3) is 3.89. The number of rotatable bonds is 4. The molecule has 0 unspecified atom stereocenters. The zero-order valence-electron chi connectivity index (χ0n) is 13.6. The van der Waals surface area contributed by atoms with Crippen LogP contribution < -0.4 is 11.1 Å². The van der Waals surface area contributed by atoms with Crippen molar-refractivity contribution in [2.24, 2.45) is 0 Å². The smallest absolute Gasteiger partial charge is 0.267 e. The number of amides is 1. The fourth-order valence-corrected chi connectivity index (χ4v) is 3.87. The SMILES string of the molecule is CS(=O)(=O)c1ncc(C(=O)Nc2cc(-c3ccc(F)cc3)ccc2N)s1. The van der Waals surface area contributed by atoms with Crippen molar-refractivity contribution in [1.29, 1.82) is 0 Å². The number of benzene rings is 2. The Kier molecular flexibility index (Phi) is 4.75. The molecular formula is C17H14FN3O3S2. The van der Waals surface area contributed by atoms with E-state index in [2.05, 4.69) is 10.3 Å². The number of anilines is 2. The predicted octanol–water partition coefficient (Wildman–Crippen LogP) is 3.19. The number of nitrogens with one attached hydrogen (secondary N) is 1. The molecule has 1 heterocycles. The minimum atomic E-state index is -3.47. The third-order valence-electron chi connectivity index (χ3n) is 3.50. The fourth-order valence-electron chi connectivity index (χ4n) is 2.20. The summed E-state index contributed by atoms with van der Waals surface area (Å²) >= 11 is 0.782. The monoisotopic (exact) mass is 391 g/mol. The van der Waals surface area contributed by atoms with E-state index in [4.69, 9.17) is 5.73 Å². The van der Waals surface area contributed by atoms with Gasteiger partial charge >= 0.3 is 0 Å². The van der Waals surface area contributed by atoms with Crippen molar-refractivity contribution in [3.63, 3.8) is 0 Å². The summed E-state index contributed by atoms with van der Waals surface area (Å²) in [6.45, 7) is 0. The molecule has 6 nitrogen and oxygen atoms in total. The summed E-state index contributed by atoms with van der Waals surface area (Å²) in [5.41, 5.74) is 8.13. The topological polar surface area (TPSA) is 102 Å². The molecule has 0 bridgehead atoms. The minimum Gasteiger partial charge on any atom is -0.397 e. The van der Waals surface area contributed by atoms with Gasteiger partial charge in [-0.3, -0.25) is 4.79 Å². The zero-order valence-corrected chi connectivity index (χ0v) is 15.2.